The zero-order valence-electron chi connectivity index (χ0n) is 19.5. The predicted molar refractivity (Wildman–Crippen MR) is 121 cm³/mol. The number of anilines is 1. The second kappa shape index (κ2) is 9.33. The molecular weight excluding hydrogens is 463 g/mol. The van der Waals surface area contributed by atoms with Crippen LogP contribution in [-0.4, -0.2) is 61.7 Å². The Labute approximate surface area is 199 Å². The number of nitrogens with zero attached hydrogens (tertiary/aromatic N) is 6. The molecule has 186 valence electrons. The van der Waals surface area contributed by atoms with Gasteiger partial charge in [-0.25, -0.2) is 18.0 Å². The highest BCUT2D eigenvalue weighted by atomic mass is 19.3. The molecule has 1 N–H and O–H groups in total. The highest BCUT2D eigenvalue weighted by Gasteiger charge is 2.33. The minimum Gasteiger partial charge on any atom is -0.378 e. The van der Waals surface area contributed by atoms with Gasteiger partial charge >= 0.3 is 6.03 Å². The number of halogens is 3. The molecule has 1 fully saturated rings. The predicted octanol–water partition coefficient (Wildman–Crippen LogP) is 3.70. The van der Waals surface area contributed by atoms with E-state index in [1.165, 1.54) is 12.1 Å². The number of ether oxygens (including phenoxy) is 1. The maximum atomic E-state index is 14.8. The SMILES string of the molecule is CCc1nnc2nc(NC(C)c3cccc(C(F)F)c3F)c3c(n12)CN(C(=O)N1CCOCC1)C3. The summed E-state index contributed by atoms with van der Waals surface area (Å²) in [6.45, 7) is 6.31. The largest absolute Gasteiger partial charge is 0.378 e. The van der Waals surface area contributed by atoms with Gasteiger partial charge in [0.05, 0.1) is 43.6 Å². The van der Waals surface area contributed by atoms with Crippen LogP contribution in [0.4, 0.5) is 23.8 Å². The number of morpholine rings is 1. The molecule has 12 heteroatoms. The number of hydrogen-bond donors (Lipinski definition) is 1. The van der Waals surface area contributed by atoms with Gasteiger partial charge in [-0.2, -0.15) is 4.98 Å². The van der Waals surface area contributed by atoms with Gasteiger partial charge in [-0.3, -0.25) is 4.40 Å². The molecule has 1 aromatic carbocycles. The van der Waals surface area contributed by atoms with Crippen molar-refractivity contribution in [2.24, 2.45) is 0 Å². The van der Waals surface area contributed by atoms with Gasteiger partial charge in [0.15, 0.2) is 0 Å². The van der Waals surface area contributed by atoms with Gasteiger partial charge in [-0.1, -0.05) is 25.1 Å². The summed E-state index contributed by atoms with van der Waals surface area (Å²) >= 11 is 0. The first-order chi connectivity index (χ1) is 16.9. The number of amides is 2. The fraction of sp³-hybridized carbons (Fsp3) is 0.478. The average molecular weight is 490 g/mol. The fourth-order valence-electron chi connectivity index (χ4n) is 4.65. The molecule has 4 heterocycles. The zero-order valence-corrected chi connectivity index (χ0v) is 19.5. The summed E-state index contributed by atoms with van der Waals surface area (Å²) in [4.78, 5) is 21.3. The number of nitrogens with one attached hydrogen (secondary N) is 1. The van der Waals surface area contributed by atoms with Gasteiger partial charge in [0.1, 0.15) is 17.5 Å². The summed E-state index contributed by atoms with van der Waals surface area (Å²) in [5.41, 5.74) is 1.06. The molecule has 3 aromatic rings. The highest BCUT2D eigenvalue weighted by Crippen LogP contribution is 2.34. The molecule has 2 aliphatic heterocycles. The zero-order chi connectivity index (χ0) is 24.7. The van der Waals surface area contributed by atoms with Crippen molar-refractivity contribution in [1.29, 1.82) is 0 Å². The maximum Gasteiger partial charge on any atom is 0.320 e. The third kappa shape index (κ3) is 4.15. The maximum absolute atomic E-state index is 14.8. The smallest absolute Gasteiger partial charge is 0.320 e. The Morgan fingerprint density at radius 2 is 1.89 bits per heavy atom. The van der Waals surface area contributed by atoms with Gasteiger partial charge in [0, 0.05) is 30.6 Å². The van der Waals surface area contributed by atoms with E-state index in [0.717, 1.165) is 23.1 Å². The number of carbonyl (C=O) groups excluding carboxylic acids is 1. The van der Waals surface area contributed by atoms with Crippen LogP contribution in [0.1, 0.15) is 54.5 Å². The fourth-order valence-corrected chi connectivity index (χ4v) is 4.65. The summed E-state index contributed by atoms with van der Waals surface area (Å²) in [6.07, 6.45) is -2.29. The first-order valence-corrected chi connectivity index (χ1v) is 11.6. The third-order valence-corrected chi connectivity index (χ3v) is 6.50. The molecule has 0 bridgehead atoms. The molecule has 5 rings (SSSR count). The normalized spacial score (nSPS) is 16.7. The Morgan fingerprint density at radius 3 is 2.60 bits per heavy atom. The number of fused-ring (bicyclic) bond motifs is 3. The van der Waals surface area contributed by atoms with E-state index in [2.05, 4.69) is 20.5 Å². The molecule has 2 aromatic heterocycles. The average Bonchev–Trinajstić information content (AvgIpc) is 3.48. The van der Waals surface area contributed by atoms with E-state index in [9.17, 15) is 18.0 Å². The number of alkyl halides is 2. The Bertz CT molecular complexity index is 1260. The van der Waals surface area contributed by atoms with Crippen molar-refractivity contribution in [2.75, 3.05) is 31.6 Å². The summed E-state index contributed by atoms with van der Waals surface area (Å²) < 4.78 is 48.4. The van der Waals surface area contributed by atoms with E-state index in [4.69, 9.17) is 4.74 Å². The van der Waals surface area contributed by atoms with E-state index < -0.39 is 23.8 Å². The van der Waals surface area contributed by atoms with E-state index in [0.29, 0.717) is 57.4 Å². The Balaban J connectivity index is 1.50. The molecule has 1 saturated heterocycles. The molecule has 0 spiro atoms. The Hall–Kier alpha value is -3.41. The van der Waals surface area contributed by atoms with Crippen LogP contribution in [0.15, 0.2) is 18.2 Å². The second-order valence-corrected chi connectivity index (χ2v) is 8.65. The quantitative estimate of drug-likeness (QED) is 0.588. The van der Waals surface area contributed by atoms with Gasteiger partial charge in [0.25, 0.3) is 12.2 Å². The van der Waals surface area contributed by atoms with Crippen molar-refractivity contribution in [3.05, 3.63) is 52.2 Å². The Kier molecular flexibility index (Phi) is 6.22. The molecule has 9 nitrogen and oxygen atoms in total. The number of rotatable bonds is 5. The van der Waals surface area contributed by atoms with E-state index in [1.807, 2.05) is 11.3 Å². The van der Waals surface area contributed by atoms with E-state index in [-0.39, 0.29) is 11.6 Å². The van der Waals surface area contributed by atoms with E-state index in [1.54, 1.807) is 16.7 Å². The molecule has 2 amide bonds. The lowest BCUT2D eigenvalue weighted by atomic mass is 10.0. The minimum atomic E-state index is -2.91. The van der Waals surface area contributed by atoms with Crippen molar-refractivity contribution in [1.82, 2.24) is 29.4 Å². The Morgan fingerprint density at radius 1 is 1.14 bits per heavy atom. The third-order valence-electron chi connectivity index (χ3n) is 6.50. The highest BCUT2D eigenvalue weighted by molar-refractivity contribution is 5.76. The van der Waals surface area contributed by atoms with Gasteiger partial charge < -0.3 is 19.9 Å². The molecule has 1 atom stereocenters. The first-order valence-electron chi connectivity index (χ1n) is 11.6. The molecule has 35 heavy (non-hydrogen) atoms. The number of carbonyl (C=O) groups is 1. The minimum absolute atomic E-state index is 0.0987. The second-order valence-electron chi connectivity index (χ2n) is 8.65. The first kappa shape index (κ1) is 23.3. The molecule has 0 radical (unpaired) electrons. The van der Waals surface area contributed by atoms with Crippen molar-refractivity contribution in [2.45, 2.75) is 45.8 Å². The van der Waals surface area contributed by atoms with Crippen LogP contribution in [0.25, 0.3) is 5.78 Å². The monoisotopic (exact) mass is 489 g/mol. The van der Waals surface area contributed by atoms with Crippen molar-refractivity contribution in [3.63, 3.8) is 0 Å². The van der Waals surface area contributed by atoms with Crippen LogP contribution >= 0.6 is 0 Å². The number of benzene rings is 1. The lowest BCUT2D eigenvalue weighted by Gasteiger charge is -2.30. The van der Waals surface area contributed by atoms with Crippen LogP contribution < -0.4 is 5.32 Å². The van der Waals surface area contributed by atoms with Gasteiger partial charge in [-0.05, 0) is 6.92 Å². The van der Waals surface area contributed by atoms with Gasteiger partial charge in [-0.15, -0.1) is 10.2 Å². The van der Waals surface area contributed by atoms with E-state index >= 15 is 0 Å². The lowest BCUT2D eigenvalue weighted by Crippen LogP contribution is -2.46. The number of hydrogen-bond acceptors (Lipinski definition) is 6. The molecular formula is C23H26F3N7O2. The van der Waals surface area contributed by atoms with Gasteiger partial charge in [0.2, 0.25) is 0 Å². The van der Waals surface area contributed by atoms with Crippen LogP contribution in [0.3, 0.4) is 0 Å². The molecule has 2 aliphatic rings. The standard InChI is InChI=1S/C23H26F3N7O2/c1-3-18-29-30-22-28-21(27-13(2)14-5-4-6-15(19(14)24)20(25)26)16-11-32(12-17(16)33(18)22)23(34)31-7-9-35-10-8-31/h4-6,13,20H,3,7-12H2,1-2H3,(H,27,28,30). The van der Waals surface area contributed by atoms with Crippen LogP contribution in [0.5, 0.6) is 0 Å². The topological polar surface area (TPSA) is 87.9 Å². The van der Waals surface area contributed by atoms with Crippen molar-refractivity contribution in [3.8, 4) is 0 Å². The lowest BCUT2D eigenvalue weighted by molar-refractivity contribution is 0.0429. The molecule has 1 unspecified atom stereocenters. The number of aryl methyl sites for hydroxylation is 1. The van der Waals surface area contributed by atoms with Crippen molar-refractivity contribution >= 4 is 17.6 Å². The van der Waals surface area contributed by atoms with Crippen LogP contribution in [0, 0.1) is 5.82 Å². The summed E-state index contributed by atoms with van der Waals surface area (Å²) in [5, 5.41) is 11.6. The van der Waals surface area contributed by atoms with Crippen molar-refractivity contribution < 1.29 is 22.7 Å². The summed E-state index contributed by atoms with van der Waals surface area (Å²) in [7, 11) is 0. The van der Waals surface area contributed by atoms with Crippen LogP contribution in [-0.2, 0) is 24.2 Å². The number of urea groups is 1. The summed E-state index contributed by atoms with van der Waals surface area (Å²) in [6, 6.07) is 3.20. The summed E-state index contributed by atoms with van der Waals surface area (Å²) in [5.74, 6) is 0.562. The molecule has 0 saturated carbocycles. The number of aromatic nitrogens is 4. The van der Waals surface area contributed by atoms with Crippen LogP contribution in [0.2, 0.25) is 0 Å². The molecule has 0 aliphatic carbocycles.